The summed E-state index contributed by atoms with van der Waals surface area (Å²) in [5.41, 5.74) is 8.88. The minimum atomic E-state index is -0.560. The first-order chi connectivity index (χ1) is 12.9. The summed E-state index contributed by atoms with van der Waals surface area (Å²) in [4.78, 5) is 40.2. The Morgan fingerprint density at radius 3 is 2.81 bits per heavy atom. The zero-order valence-electron chi connectivity index (χ0n) is 15.7. The smallest absolute Gasteiger partial charge is 0.255 e. The van der Waals surface area contributed by atoms with Crippen molar-refractivity contribution in [1.29, 1.82) is 0 Å². The molecule has 3 amide bonds. The van der Waals surface area contributed by atoms with Crippen LogP contribution in [-0.2, 0) is 22.7 Å². The average Bonchev–Trinajstić information content (AvgIpc) is 3.16. The van der Waals surface area contributed by atoms with Crippen LogP contribution in [0.4, 0.5) is 0 Å². The number of hydrogen-bond acceptors (Lipinski definition) is 5. The molecule has 0 spiro atoms. The van der Waals surface area contributed by atoms with Gasteiger partial charge in [0.15, 0.2) is 0 Å². The quantitative estimate of drug-likeness (QED) is 0.758. The molecule has 27 heavy (non-hydrogen) atoms. The summed E-state index contributed by atoms with van der Waals surface area (Å²) in [6, 6.07) is 5.40. The number of rotatable bonds is 4. The molecule has 3 heterocycles. The molecule has 2 fully saturated rings. The van der Waals surface area contributed by atoms with Crippen molar-refractivity contribution in [2.75, 3.05) is 19.6 Å². The van der Waals surface area contributed by atoms with Crippen LogP contribution in [0.1, 0.15) is 47.7 Å². The zero-order chi connectivity index (χ0) is 19.2. The summed E-state index contributed by atoms with van der Waals surface area (Å²) in [7, 11) is 0. The van der Waals surface area contributed by atoms with Gasteiger partial charge in [-0.2, -0.15) is 0 Å². The van der Waals surface area contributed by atoms with Crippen LogP contribution in [0, 0.1) is 5.41 Å². The second-order valence-electron chi connectivity index (χ2n) is 8.37. The van der Waals surface area contributed by atoms with Gasteiger partial charge < -0.3 is 10.6 Å². The van der Waals surface area contributed by atoms with Gasteiger partial charge in [-0.3, -0.25) is 24.6 Å². The van der Waals surface area contributed by atoms with Crippen molar-refractivity contribution in [3.8, 4) is 0 Å². The van der Waals surface area contributed by atoms with Gasteiger partial charge in [0.1, 0.15) is 6.04 Å². The lowest BCUT2D eigenvalue weighted by atomic mass is 9.90. The van der Waals surface area contributed by atoms with Crippen LogP contribution in [0.3, 0.4) is 0 Å². The Bertz CT molecular complexity index is 808. The van der Waals surface area contributed by atoms with Crippen molar-refractivity contribution < 1.29 is 14.4 Å². The fraction of sp³-hybridized carbons (Fsp3) is 0.550. The summed E-state index contributed by atoms with van der Waals surface area (Å²) in [6.45, 7) is 6.22. The van der Waals surface area contributed by atoms with E-state index in [1.54, 1.807) is 4.90 Å². The van der Waals surface area contributed by atoms with Crippen LogP contribution in [0.5, 0.6) is 0 Å². The minimum Gasteiger partial charge on any atom is -0.330 e. The number of amides is 3. The van der Waals surface area contributed by atoms with Crippen molar-refractivity contribution in [1.82, 2.24) is 15.1 Å². The lowest BCUT2D eigenvalue weighted by Gasteiger charge is -2.29. The molecule has 1 aromatic carbocycles. The highest BCUT2D eigenvalue weighted by molar-refractivity contribution is 6.05. The van der Waals surface area contributed by atoms with E-state index in [1.165, 1.54) is 5.56 Å². The predicted octanol–water partition coefficient (Wildman–Crippen LogP) is 0.618. The van der Waals surface area contributed by atoms with E-state index in [0.29, 0.717) is 25.1 Å². The van der Waals surface area contributed by atoms with Gasteiger partial charge in [-0.05, 0) is 48.5 Å². The second kappa shape index (κ2) is 6.73. The van der Waals surface area contributed by atoms with Crippen LogP contribution >= 0.6 is 0 Å². The number of nitrogens with two attached hydrogens (primary N) is 1. The third kappa shape index (κ3) is 3.37. The number of likely N-dealkylation sites (tertiary alicyclic amines) is 1. The topological polar surface area (TPSA) is 95.7 Å². The molecule has 2 unspecified atom stereocenters. The number of benzene rings is 1. The van der Waals surface area contributed by atoms with Crippen LogP contribution in [-0.4, -0.2) is 53.2 Å². The summed E-state index contributed by atoms with van der Waals surface area (Å²) >= 11 is 0. The molecule has 1 aromatic rings. The third-order valence-corrected chi connectivity index (χ3v) is 6.12. The van der Waals surface area contributed by atoms with Gasteiger partial charge in [0.25, 0.3) is 5.91 Å². The summed E-state index contributed by atoms with van der Waals surface area (Å²) < 4.78 is 0. The first kappa shape index (κ1) is 18.1. The van der Waals surface area contributed by atoms with Crippen molar-refractivity contribution in [2.45, 2.75) is 45.3 Å². The molecule has 2 saturated heterocycles. The van der Waals surface area contributed by atoms with Crippen LogP contribution in [0.25, 0.3) is 0 Å². The highest BCUT2D eigenvalue weighted by Crippen LogP contribution is 2.31. The Balaban J connectivity index is 1.46. The molecule has 0 bridgehead atoms. The number of nitrogens with zero attached hydrogens (tertiary/aromatic N) is 2. The maximum atomic E-state index is 12.7. The largest absolute Gasteiger partial charge is 0.330 e. The highest BCUT2D eigenvalue weighted by atomic mass is 16.2. The van der Waals surface area contributed by atoms with E-state index in [-0.39, 0.29) is 29.6 Å². The highest BCUT2D eigenvalue weighted by Gasteiger charge is 2.39. The van der Waals surface area contributed by atoms with Crippen molar-refractivity contribution in [3.05, 3.63) is 34.9 Å². The zero-order valence-corrected chi connectivity index (χ0v) is 15.7. The molecule has 144 valence electrons. The van der Waals surface area contributed by atoms with E-state index >= 15 is 0 Å². The van der Waals surface area contributed by atoms with Crippen LogP contribution in [0.15, 0.2) is 18.2 Å². The monoisotopic (exact) mass is 370 g/mol. The maximum Gasteiger partial charge on any atom is 0.255 e. The standard InChI is InChI=1S/C20H26N4O3/c1-20(11-21)6-7-23(12-20)9-13-2-3-15-14(8-13)10-24(19(15)27)16-4-5-17(25)22-18(16)26/h2-3,8,16H,4-7,9-12,21H2,1H3,(H,22,25,26). The molecule has 4 rings (SSSR count). The molecule has 0 aliphatic carbocycles. The molecule has 0 radical (unpaired) electrons. The predicted molar refractivity (Wildman–Crippen MR) is 99.5 cm³/mol. The van der Waals surface area contributed by atoms with Crippen molar-refractivity contribution in [3.63, 3.8) is 0 Å². The van der Waals surface area contributed by atoms with Gasteiger partial charge in [0.05, 0.1) is 0 Å². The molecule has 3 aliphatic rings. The normalized spacial score (nSPS) is 28.6. The first-order valence-electron chi connectivity index (χ1n) is 9.57. The second-order valence-corrected chi connectivity index (χ2v) is 8.37. The summed E-state index contributed by atoms with van der Waals surface area (Å²) in [5, 5.41) is 2.34. The number of imide groups is 1. The first-order valence-corrected chi connectivity index (χ1v) is 9.57. The Morgan fingerprint density at radius 2 is 2.11 bits per heavy atom. The average molecular weight is 370 g/mol. The lowest BCUT2D eigenvalue weighted by molar-refractivity contribution is -0.136. The van der Waals surface area contributed by atoms with E-state index < -0.39 is 6.04 Å². The number of carbonyl (C=O) groups is 3. The van der Waals surface area contributed by atoms with E-state index in [2.05, 4.69) is 23.2 Å². The number of hydrogen-bond donors (Lipinski definition) is 2. The van der Waals surface area contributed by atoms with E-state index in [4.69, 9.17) is 5.73 Å². The third-order valence-electron chi connectivity index (χ3n) is 6.12. The Labute approximate surface area is 158 Å². The number of carbonyl (C=O) groups excluding carboxylic acids is 3. The van der Waals surface area contributed by atoms with Gasteiger partial charge in [-0.1, -0.05) is 19.1 Å². The van der Waals surface area contributed by atoms with Gasteiger partial charge in [-0.25, -0.2) is 0 Å². The summed E-state index contributed by atoms with van der Waals surface area (Å²) in [5.74, 6) is -0.758. The molecular formula is C20H26N4O3. The lowest BCUT2D eigenvalue weighted by Crippen LogP contribution is -2.52. The SMILES string of the molecule is CC1(CN)CCN(Cc2ccc3c(c2)CN(C2CCC(=O)NC2=O)C3=O)C1. The molecule has 3 N–H and O–H groups in total. The Morgan fingerprint density at radius 1 is 1.30 bits per heavy atom. The molecule has 7 nitrogen and oxygen atoms in total. The number of fused-ring (bicyclic) bond motifs is 1. The molecular weight excluding hydrogens is 344 g/mol. The Hall–Kier alpha value is -2.25. The van der Waals surface area contributed by atoms with Gasteiger partial charge in [0, 0.05) is 31.6 Å². The van der Waals surface area contributed by atoms with Crippen LogP contribution in [0.2, 0.25) is 0 Å². The molecule has 2 atom stereocenters. The molecule has 0 aromatic heterocycles. The maximum absolute atomic E-state index is 12.7. The van der Waals surface area contributed by atoms with Crippen molar-refractivity contribution >= 4 is 17.7 Å². The number of nitrogens with one attached hydrogen (secondary N) is 1. The molecule has 3 aliphatic heterocycles. The number of piperidine rings is 1. The fourth-order valence-corrected chi connectivity index (χ4v) is 4.41. The van der Waals surface area contributed by atoms with Gasteiger partial charge in [-0.15, -0.1) is 0 Å². The van der Waals surface area contributed by atoms with Crippen LogP contribution < -0.4 is 11.1 Å². The minimum absolute atomic E-state index is 0.122. The van der Waals surface area contributed by atoms with Gasteiger partial charge in [0.2, 0.25) is 11.8 Å². The van der Waals surface area contributed by atoms with Gasteiger partial charge >= 0.3 is 0 Å². The summed E-state index contributed by atoms with van der Waals surface area (Å²) in [6.07, 6.45) is 1.77. The van der Waals surface area contributed by atoms with E-state index in [9.17, 15) is 14.4 Å². The Kier molecular flexibility index (Phi) is 4.52. The fourth-order valence-electron chi connectivity index (χ4n) is 4.41. The molecule has 7 heteroatoms. The molecule has 0 saturated carbocycles. The van der Waals surface area contributed by atoms with E-state index in [0.717, 1.165) is 31.6 Å². The van der Waals surface area contributed by atoms with E-state index in [1.807, 2.05) is 12.1 Å². The van der Waals surface area contributed by atoms with Crippen molar-refractivity contribution in [2.24, 2.45) is 11.1 Å².